The highest BCUT2D eigenvalue weighted by molar-refractivity contribution is 5.86. The molecule has 1 aromatic heterocycles. The zero-order chi connectivity index (χ0) is 12.9. The summed E-state index contributed by atoms with van der Waals surface area (Å²) in [6.45, 7) is 1.90. The van der Waals surface area contributed by atoms with Gasteiger partial charge < -0.3 is 4.74 Å². The molecule has 0 aromatic carbocycles. The van der Waals surface area contributed by atoms with Crippen molar-refractivity contribution in [3.8, 4) is 0 Å². The van der Waals surface area contributed by atoms with Crippen molar-refractivity contribution in [1.29, 1.82) is 0 Å². The van der Waals surface area contributed by atoms with Gasteiger partial charge in [-0.1, -0.05) is 6.07 Å². The van der Waals surface area contributed by atoms with Gasteiger partial charge in [-0.3, -0.25) is 4.98 Å². The van der Waals surface area contributed by atoms with Crippen LogP contribution in [0.25, 0.3) is 6.08 Å². The summed E-state index contributed by atoms with van der Waals surface area (Å²) in [4.78, 5) is 14.2. The van der Waals surface area contributed by atoms with Crippen molar-refractivity contribution in [3.63, 3.8) is 0 Å². The molecule has 17 heavy (non-hydrogen) atoms. The van der Waals surface area contributed by atoms with Crippen LogP contribution in [-0.4, -0.2) is 17.6 Å². The Morgan fingerprint density at radius 2 is 2.18 bits per heavy atom. The first-order valence-corrected chi connectivity index (χ1v) is 4.81. The number of hydrogen-bond acceptors (Lipinski definition) is 3. The van der Waals surface area contributed by atoms with Crippen molar-refractivity contribution in [3.05, 3.63) is 35.7 Å². The summed E-state index contributed by atoms with van der Waals surface area (Å²) in [5, 5.41) is 0. The summed E-state index contributed by atoms with van der Waals surface area (Å²) >= 11 is 0. The summed E-state index contributed by atoms with van der Waals surface area (Å²) in [7, 11) is 0. The topological polar surface area (TPSA) is 39.2 Å². The summed E-state index contributed by atoms with van der Waals surface area (Å²) in [5.74, 6) is -0.549. The van der Waals surface area contributed by atoms with Crippen molar-refractivity contribution in [1.82, 2.24) is 4.98 Å². The lowest BCUT2D eigenvalue weighted by Gasteiger charge is -2.04. The fraction of sp³-hybridized carbons (Fsp3) is 0.273. The molecule has 0 bridgehead atoms. The van der Waals surface area contributed by atoms with E-state index < -0.39 is 17.8 Å². The molecule has 3 nitrogen and oxygen atoms in total. The third-order valence-electron chi connectivity index (χ3n) is 1.78. The summed E-state index contributed by atoms with van der Waals surface area (Å²) in [6.07, 6.45) is -0.944. The van der Waals surface area contributed by atoms with Crippen LogP contribution in [0, 0.1) is 0 Å². The van der Waals surface area contributed by atoms with Crippen LogP contribution in [0.5, 0.6) is 0 Å². The Morgan fingerprint density at radius 3 is 2.65 bits per heavy atom. The van der Waals surface area contributed by atoms with Gasteiger partial charge in [-0.25, -0.2) is 4.79 Å². The molecule has 0 amide bonds. The molecule has 92 valence electrons. The van der Waals surface area contributed by atoms with E-state index in [0.29, 0.717) is 5.56 Å². The van der Waals surface area contributed by atoms with E-state index in [2.05, 4.69) is 9.72 Å². The van der Waals surface area contributed by atoms with Crippen LogP contribution in [-0.2, 0) is 15.7 Å². The van der Waals surface area contributed by atoms with Gasteiger partial charge in [0.05, 0.1) is 6.61 Å². The molecule has 1 heterocycles. The number of ether oxygens (including phenoxy) is 1. The molecule has 0 fully saturated rings. The Balaban J connectivity index is 2.72. The molecule has 0 aliphatic heterocycles. The van der Waals surface area contributed by atoms with E-state index >= 15 is 0 Å². The average molecular weight is 245 g/mol. The van der Waals surface area contributed by atoms with E-state index in [0.717, 1.165) is 18.3 Å². The SMILES string of the molecule is CCOC(=O)C=Cc1ccc(C(F)(F)F)nc1. The highest BCUT2D eigenvalue weighted by Gasteiger charge is 2.31. The predicted molar refractivity (Wildman–Crippen MR) is 54.9 cm³/mol. The van der Waals surface area contributed by atoms with Gasteiger partial charge in [0.15, 0.2) is 0 Å². The van der Waals surface area contributed by atoms with Crippen LogP contribution >= 0.6 is 0 Å². The minimum atomic E-state index is -4.45. The third kappa shape index (κ3) is 4.26. The van der Waals surface area contributed by atoms with E-state index in [1.54, 1.807) is 6.92 Å². The van der Waals surface area contributed by atoms with Crippen molar-refractivity contribution in [2.75, 3.05) is 6.61 Å². The number of rotatable bonds is 3. The Hall–Kier alpha value is -1.85. The maximum absolute atomic E-state index is 12.2. The van der Waals surface area contributed by atoms with Gasteiger partial charge in [-0.15, -0.1) is 0 Å². The second kappa shape index (κ2) is 5.47. The molecule has 1 aromatic rings. The number of nitrogens with zero attached hydrogens (tertiary/aromatic N) is 1. The van der Waals surface area contributed by atoms with Gasteiger partial charge in [0, 0.05) is 12.3 Å². The van der Waals surface area contributed by atoms with Gasteiger partial charge in [-0.05, 0) is 24.6 Å². The van der Waals surface area contributed by atoms with Gasteiger partial charge in [-0.2, -0.15) is 13.2 Å². The lowest BCUT2D eigenvalue weighted by Crippen LogP contribution is -2.07. The molecule has 0 aliphatic rings. The lowest BCUT2D eigenvalue weighted by molar-refractivity contribution is -0.141. The molecule has 0 aliphatic carbocycles. The Bertz CT molecular complexity index is 410. The predicted octanol–water partition coefficient (Wildman–Crippen LogP) is 2.68. The minimum absolute atomic E-state index is 0.244. The molecule has 0 spiro atoms. The molecule has 0 saturated heterocycles. The van der Waals surface area contributed by atoms with Crippen molar-refractivity contribution in [2.24, 2.45) is 0 Å². The zero-order valence-corrected chi connectivity index (χ0v) is 8.99. The average Bonchev–Trinajstić information content (AvgIpc) is 2.26. The van der Waals surface area contributed by atoms with E-state index in [-0.39, 0.29) is 6.61 Å². The fourth-order valence-corrected chi connectivity index (χ4v) is 1.03. The maximum atomic E-state index is 12.2. The van der Waals surface area contributed by atoms with Crippen LogP contribution in [0.2, 0.25) is 0 Å². The van der Waals surface area contributed by atoms with Crippen LogP contribution < -0.4 is 0 Å². The van der Waals surface area contributed by atoms with E-state index in [1.807, 2.05) is 0 Å². The standard InChI is InChI=1S/C11H10F3NO2/c1-2-17-10(16)6-4-8-3-5-9(15-7-8)11(12,13)14/h3-7H,2H2,1H3. The van der Waals surface area contributed by atoms with Gasteiger partial charge in [0.1, 0.15) is 5.69 Å². The molecule has 1 rings (SSSR count). The number of hydrogen-bond donors (Lipinski definition) is 0. The van der Waals surface area contributed by atoms with Crippen LogP contribution in [0.1, 0.15) is 18.2 Å². The van der Waals surface area contributed by atoms with Crippen LogP contribution in [0.3, 0.4) is 0 Å². The fourth-order valence-electron chi connectivity index (χ4n) is 1.03. The first-order valence-electron chi connectivity index (χ1n) is 4.81. The summed E-state index contributed by atoms with van der Waals surface area (Å²) in [6, 6.07) is 2.08. The molecular weight excluding hydrogens is 235 g/mol. The van der Waals surface area contributed by atoms with Gasteiger partial charge in [0.2, 0.25) is 0 Å². The van der Waals surface area contributed by atoms with Gasteiger partial charge in [0.25, 0.3) is 0 Å². The van der Waals surface area contributed by atoms with E-state index in [4.69, 9.17) is 0 Å². The zero-order valence-electron chi connectivity index (χ0n) is 8.99. The highest BCUT2D eigenvalue weighted by atomic mass is 19.4. The quantitative estimate of drug-likeness (QED) is 0.607. The number of esters is 1. The molecule has 0 radical (unpaired) electrons. The number of aromatic nitrogens is 1. The minimum Gasteiger partial charge on any atom is -0.463 e. The first-order chi connectivity index (χ1) is 7.93. The monoisotopic (exact) mass is 245 g/mol. The molecule has 0 unspecified atom stereocenters. The molecule has 6 heteroatoms. The highest BCUT2D eigenvalue weighted by Crippen LogP contribution is 2.27. The lowest BCUT2D eigenvalue weighted by atomic mass is 10.2. The van der Waals surface area contributed by atoms with Crippen LogP contribution in [0.15, 0.2) is 24.4 Å². The Morgan fingerprint density at radius 1 is 1.47 bits per heavy atom. The Labute approximate surface area is 95.9 Å². The summed E-state index contributed by atoms with van der Waals surface area (Å²) < 4.78 is 41.2. The molecule has 0 saturated carbocycles. The smallest absolute Gasteiger partial charge is 0.433 e. The van der Waals surface area contributed by atoms with Crippen molar-refractivity contribution < 1.29 is 22.7 Å². The third-order valence-corrected chi connectivity index (χ3v) is 1.78. The number of carbonyl (C=O) groups excluding carboxylic acids is 1. The molecular formula is C11H10F3NO2. The maximum Gasteiger partial charge on any atom is 0.433 e. The largest absolute Gasteiger partial charge is 0.463 e. The number of carbonyl (C=O) groups is 1. The number of pyridine rings is 1. The first kappa shape index (κ1) is 13.2. The number of alkyl halides is 3. The Kier molecular flexibility index (Phi) is 4.25. The van der Waals surface area contributed by atoms with Gasteiger partial charge >= 0.3 is 12.1 Å². The molecule has 0 atom stereocenters. The normalized spacial score (nSPS) is 11.8. The van der Waals surface area contributed by atoms with Crippen molar-refractivity contribution in [2.45, 2.75) is 13.1 Å². The second-order valence-electron chi connectivity index (χ2n) is 3.06. The van der Waals surface area contributed by atoms with E-state index in [9.17, 15) is 18.0 Å². The summed E-state index contributed by atoms with van der Waals surface area (Å²) in [5.41, 5.74) is -0.572. The molecule has 0 N–H and O–H groups in total. The number of halogens is 3. The van der Waals surface area contributed by atoms with Crippen LogP contribution in [0.4, 0.5) is 13.2 Å². The van der Waals surface area contributed by atoms with E-state index in [1.165, 1.54) is 12.1 Å². The second-order valence-corrected chi connectivity index (χ2v) is 3.06. The van der Waals surface area contributed by atoms with Crippen molar-refractivity contribution >= 4 is 12.0 Å².